The number of esters is 3. The number of unbranched alkanes of at least 4 members (excludes halogenated alkanes) is 29. The van der Waals surface area contributed by atoms with Crippen LogP contribution < -0.4 is 0 Å². The molecule has 0 aliphatic rings. The summed E-state index contributed by atoms with van der Waals surface area (Å²) in [6.45, 7) is 6.48. The number of hydrogen-bond donors (Lipinski definition) is 0. The van der Waals surface area contributed by atoms with Crippen LogP contribution in [0.2, 0.25) is 0 Å². The highest BCUT2D eigenvalue weighted by molar-refractivity contribution is 5.71. The molecule has 358 valence electrons. The lowest BCUT2D eigenvalue weighted by Crippen LogP contribution is -2.30. The molecular formula is C56H98O6. The van der Waals surface area contributed by atoms with Crippen LogP contribution in [0.1, 0.15) is 258 Å². The standard InChI is InChI=1S/C56H98O6/c1-4-7-10-13-16-19-22-25-28-31-34-37-40-43-46-49-55(58)61-52-53(51-60-54(57)48-45-42-39-36-33-30-27-24-21-18-15-12-9-6-3)62-56(59)50-47-44-41-38-35-32-29-26-23-20-17-14-11-8-5-2/h7,10,13,16,19,22,25,28,30,33,53H,4-6,8-9,11-12,14-15,17-18,20-21,23-24,26-27,29,31-32,34-52H2,1-3H3/b10-7-,16-13-,22-19-,28-25-,33-30-. The summed E-state index contributed by atoms with van der Waals surface area (Å²) >= 11 is 0. The molecule has 0 spiro atoms. The monoisotopic (exact) mass is 867 g/mol. The lowest BCUT2D eigenvalue weighted by Gasteiger charge is -2.18. The molecule has 1 atom stereocenters. The molecular weight excluding hydrogens is 769 g/mol. The maximum absolute atomic E-state index is 12.8. The van der Waals surface area contributed by atoms with Crippen molar-refractivity contribution in [1.29, 1.82) is 0 Å². The first-order valence-corrected chi connectivity index (χ1v) is 26.3. The van der Waals surface area contributed by atoms with Crippen LogP contribution in [0.15, 0.2) is 60.8 Å². The number of ether oxygens (including phenoxy) is 3. The summed E-state index contributed by atoms with van der Waals surface area (Å²) in [5, 5.41) is 0. The predicted molar refractivity (Wildman–Crippen MR) is 265 cm³/mol. The predicted octanol–water partition coefficient (Wildman–Crippen LogP) is 17.3. The molecule has 0 aromatic carbocycles. The molecule has 0 aromatic heterocycles. The Bertz CT molecular complexity index is 1130. The molecule has 62 heavy (non-hydrogen) atoms. The average Bonchev–Trinajstić information content (AvgIpc) is 3.27. The molecule has 6 heteroatoms. The minimum atomic E-state index is -0.787. The van der Waals surface area contributed by atoms with Crippen LogP contribution in [-0.4, -0.2) is 37.2 Å². The Morgan fingerprint density at radius 2 is 0.645 bits per heavy atom. The van der Waals surface area contributed by atoms with Crippen molar-refractivity contribution >= 4 is 17.9 Å². The van der Waals surface area contributed by atoms with E-state index in [0.717, 1.165) is 96.3 Å². The van der Waals surface area contributed by atoms with E-state index in [0.29, 0.717) is 19.3 Å². The fourth-order valence-electron chi connectivity index (χ4n) is 7.39. The Kier molecular flexibility index (Phi) is 48.4. The van der Waals surface area contributed by atoms with Crippen molar-refractivity contribution in [3.05, 3.63) is 60.8 Å². The molecule has 0 saturated carbocycles. The van der Waals surface area contributed by atoms with Crippen molar-refractivity contribution in [3.63, 3.8) is 0 Å². The molecule has 0 aliphatic carbocycles. The summed E-state index contributed by atoms with van der Waals surface area (Å²) in [7, 11) is 0. The third kappa shape index (κ3) is 48.1. The van der Waals surface area contributed by atoms with Gasteiger partial charge in [0.25, 0.3) is 0 Å². The van der Waals surface area contributed by atoms with Crippen molar-refractivity contribution in [3.8, 4) is 0 Å². The van der Waals surface area contributed by atoms with E-state index in [-0.39, 0.29) is 31.1 Å². The number of hydrogen-bond acceptors (Lipinski definition) is 6. The maximum atomic E-state index is 12.8. The lowest BCUT2D eigenvalue weighted by molar-refractivity contribution is -0.167. The van der Waals surface area contributed by atoms with Gasteiger partial charge >= 0.3 is 17.9 Å². The van der Waals surface area contributed by atoms with E-state index < -0.39 is 6.10 Å². The largest absolute Gasteiger partial charge is 0.462 e. The van der Waals surface area contributed by atoms with Crippen molar-refractivity contribution < 1.29 is 28.6 Å². The zero-order chi connectivity index (χ0) is 45.1. The van der Waals surface area contributed by atoms with E-state index in [1.807, 2.05) is 18.2 Å². The van der Waals surface area contributed by atoms with Crippen LogP contribution in [0.4, 0.5) is 0 Å². The van der Waals surface area contributed by atoms with Crippen LogP contribution >= 0.6 is 0 Å². The van der Waals surface area contributed by atoms with E-state index in [1.54, 1.807) is 0 Å². The van der Waals surface area contributed by atoms with E-state index in [2.05, 4.69) is 63.3 Å². The summed E-state index contributed by atoms with van der Waals surface area (Å²) in [6.07, 6.45) is 62.0. The summed E-state index contributed by atoms with van der Waals surface area (Å²) in [4.78, 5) is 38.0. The van der Waals surface area contributed by atoms with Crippen LogP contribution in [-0.2, 0) is 28.6 Å². The third-order valence-electron chi connectivity index (χ3n) is 11.4. The van der Waals surface area contributed by atoms with Crippen molar-refractivity contribution in [2.45, 2.75) is 264 Å². The van der Waals surface area contributed by atoms with Gasteiger partial charge in [-0.05, 0) is 64.2 Å². The Labute approximate surface area is 383 Å². The Morgan fingerprint density at radius 3 is 1.05 bits per heavy atom. The summed E-state index contributed by atoms with van der Waals surface area (Å²) in [5.41, 5.74) is 0. The Morgan fingerprint density at radius 1 is 0.339 bits per heavy atom. The lowest BCUT2D eigenvalue weighted by atomic mass is 10.0. The van der Waals surface area contributed by atoms with Gasteiger partial charge in [-0.2, -0.15) is 0 Å². The van der Waals surface area contributed by atoms with Crippen LogP contribution in [0.3, 0.4) is 0 Å². The van der Waals surface area contributed by atoms with Crippen molar-refractivity contribution in [1.82, 2.24) is 0 Å². The number of allylic oxidation sites excluding steroid dienone is 10. The molecule has 6 nitrogen and oxygen atoms in total. The number of carbonyl (C=O) groups is 3. The SMILES string of the molecule is CC\C=C/C=C\C=C/C=C\CCCCCCCC(=O)OCC(COC(=O)CCCCC/C=C\CCCCCCCCC)OC(=O)CCCCCCCCCCCCCCCCC. The zero-order valence-electron chi connectivity index (χ0n) is 40.9. The summed E-state index contributed by atoms with van der Waals surface area (Å²) in [6, 6.07) is 0. The van der Waals surface area contributed by atoms with E-state index in [1.165, 1.54) is 122 Å². The molecule has 0 saturated heterocycles. The van der Waals surface area contributed by atoms with Gasteiger partial charge in [-0.1, -0.05) is 236 Å². The Balaban J connectivity index is 4.42. The first-order chi connectivity index (χ1) is 30.5. The first-order valence-electron chi connectivity index (χ1n) is 26.3. The minimum absolute atomic E-state index is 0.0880. The van der Waals surface area contributed by atoms with Gasteiger partial charge in [-0.3, -0.25) is 14.4 Å². The molecule has 0 amide bonds. The molecule has 0 aliphatic heterocycles. The van der Waals surface area contributed by atoms with Gasteiger partial charge < -0.3 is 14.2 Å². The van der Waals surface area contributed by atoms with Crippen LogP contribution in [0.5, 0.6) is 0 Å². The molecule has 0 aromatic rings. The molecule has 0 heterocycles. The van der Waals surface area contributed by atoms with Gasteiger partial charge in [0.2, 0.25) is 0 Å². The highest BCUT2D eigenvalue weighted by Gasteiger charge is 2.19. The smallest absolute Gasteiger partial charge is 0.306 e. The summed E-state index contributed by atoms with van der Waals surface area (Å²) < 4.78 is 16.8. The number of rotatable bonds is 47. The van der Waals surface area contributed by atoms with Gasteiger partial charge in [0.05, 0.1) is 0 Å². The highest BCUT2D eigenvalue weighted by Crippen LogP contribution is 2.15. The first kappa shape index (κ1) is 59.1. The van der Waals surface area contributed by atoms with Gasteiger partial charge in [0.15, 0.2) is 6.10 Å². The Hall–Kier alpha value is -2.89. The van der Waals surface area contributed by atoms with Crippen molar-refractivity contribution in [2.24, 2.45) is 0 Å². The zero-order valence-corrected chi connectivity index (χ0v) is 40.9. The van der Waals surface area contributed by atoms with E-state index in [4.69, 9.17) is 14.2 Å². The molecule has 0 rings (SSSR count). The molecule has 0 fully saturated rings. The second-order valence-corrected chi connectivity index (χ2v) is 17.5. The fourth-order valence-corrected chi connectivity index (χ4v) is 7.39. The molecule has 0 bridgehead atoms. The summed E-state index contributed by atoms with van der Waals surface area (Å²) in [5.74, 6) is -0.918. The van der Waals surface area contributed by atoms with Gasteiger partial charge in [0, 0.05) is 19.3 Å². The number of carbonyl (C=O) groups excluding carboxylic acids is 3. The van der Waals surface area contributed by atoms with Gasteiger partial charge in [-0.15, -0.1) is 0 Å². The highest BCUT2D eigenvalue weighted by atomic mass is 16.6. The molecule has 0 radical (unpaired) electrons. The minimum Gasteiger partial charge on any atom is -0.462 e. The van der Waals surface area contributed by atoms with Crippen LogP contribution in [0.25, 0.3) is 0 Å². The third-order valence-corrected chi connectivity index (χ3v) is 11.4. The fraction of sp³-hybridized carbons (Fsp3) is 0.768. The quantitative estimate of drug-likeness (QED) is 0.0199. The normalized spacial score (nSPS) is 12.5. The van der Waals surface area contributed by atoms with Crippen LogP contribution in [0, 0.1) is 0 Å². The topological polar surface area (TPSA) is 78.9 Å². The van der Waals surface area contributed by atoms with E-state index >= 15 is 0 Å². The maximum Gasteiger partial charge on any atom is 0.306 e. The van der Waals surface area contributed by atoms with Gasteiger partial charge in [0.1, 0.15) is 13.2 Å². The van der Waals surface area contributed by atoms with E-state index in [9.17, 15) is 14.4 Å². The average molecular weight is 867 g/mol. The van der Waals surface area contributed by atoms with Gasteiger partial charge in [-0.25, -0.2) is 0 Å². The molecule has 1 unspecified atom stereocenters. The van der Waals surface area contributed by atoms with Crippen molar-refractivity contribution in [2.75, 3.05) is 13.2 Å². The second-order valence-electron chi connectivity index (χ2n) is 17.5. The second kappa shape index (κ2) is 50.8. The molecule has 0 N–H and O–H groups in total.